The molecule has 1 aromatic carbocycles. The third-order valence-electron chi connectivity index (χ3n) is 4.26. The van der Waals surface area contributed by atoms with Gasteiger partial charge in [-0.15, -0.1) is 0 Å². The predicted molar refractivity (Wildman–Crippen MR) is 92.5 cm³/mol. The highest BCUT2D eigenvalue weighted by Crippen LogP contribution is 2.27. The van der Waals surface area contributed by atoms with Gasteiger partial charge < -0.3 is 19.5 Å². The molecule has 1 aromatic heterocycles. The molecule has 2 heterocycles. The topological polar surface area (TPSA) is 69.7 Å². The summed E-state index contributed by atoms with van der Waals surface area (Å²) in [6.45, 7) is -0.223. The molecule has 28 heavy (non-hydrogen) atoms. The molecule has 0 bridgehead atoms. The normalized spacial score (nSPS) is 15.7. The molecular weight excluding hydrogens is 377 g/mol. The van der Waals surface area contributed by atoms with Crippen LogP contribution in [0.15, 0.2) is 36.5 Å². The Labute approximate surface area is 159 Å². The van der Waals surface area contributed by atoms with Crippen molar-refractivity contribution in [3.8, 4) is 5.75 Å². The average Bonchev–Trinajstić information content (AvgIpc) is 2.69. The summed E-state index contributed by atoms with van der Waals surface area (Å²) in [5.41, 5.74) is 0.0928. The highest BCUT2D eigenvalue weighted by Gasteiger charge is 2.25. The van der Waals surface area contributed by atoms with Crippen molar-refractivity contribution in [2.75, 3.05) is 20.1 Å². The molecule has 1 amide bonds. The second-order valence-electron chi connectivity index (χ2n) is 6.11. The molecule has 9 heteroatoms. The zero-order valence-corrected chi connectivity index (χ0v) is 14.9. The van der Waals surface area contributed by atoms with Gasteiger partial charge in [-0.1, -0.05) is 6.07 Å². The van der Waals surface area contributed by atoms with Crippen LogP contribution < -0.4 is 10.1 Å². The number of alkyl carbamates (subject to hydrolysis) is 1. The number of nitrogens with one attached hydrogen (secondary N) is 1. The molecule has 0 aliphatic carbocycles. The number of hydrogen-bond acceptors (Lipinski definition) is 5. The van der Waals surface area contributed by atoms with Crippen LogP contribution in [0, 0.1) is 11.6 Å². The Balaban J connectivity index is 1.84. The van der Waals surface area contributed by atoms with Crippen molar-refractivity contribution in [2.45, 2.75) is 25.0 Å². The molecule has 0 radical (unpaired) electrons. The van der Waals surface area contributed by atoms with Gasteiger partial charge in [0.15, 0.2) is 11.6 Å². The summed E-state index contributed by atoms with van der Waals surface area (Å²) in [4.78, 5) is 16.3. The number of carbonyl (C=O) groups is 1. The molecular formula is C19H19F3N2O4. The lowest BCUT2D eigenvalue weighted by Gasteiger charge is -2.24. The Morgan fingerprint density at radius 2 is 2.04 bits per heavy atom. The number of carbonyl (C=O) groups excluding carboxylic acids is 1. The summed E-state index contributed by atoms with van der Waals surface area (Å²) in [5.74, 6) is -1.82. The SMILES string of the molecule is O=C(N[C@@H](c1ccc(OCF)c(F)c1)c1ncccc1F)OC1CCOCC1. The second kappa shape index (κ2) is 9.41. The van der Waals surface area contributed by atoms with E-state index in [0.29, 0.717) is 26.1 Å². The van der Waals surface area contributed by atoms with Crippen molar-refractivity contribution < 1.29 is 32.2 Å². The quantitative estimate of drug-likeness (QED) is 0.807. The summed E-state index contributed by atoms with van der Waals surface area (Å²) in [5, 5.41) is 2.53. The summed E-state index contributed by atoms with van der Waals surface area (Å²) >= 11 is 0. The number of hydrogen-bond donors (Lipinski definition) is 1. The Bertz CT molecular complexity index is 816. The van der Waals surface area contributed by atoms with Crippen molar-refractivity contribution >= 4 is 6.09 Å². The Morgan fingerprint density at radius 1 is 1.25 bits per heavy atom. The van der Waals surface area contributed by atoms with Crippen LogP contribution in [-0.2, 0) is 9.47 Å². The highest BCUT2D eigenvalue weighted by atomic mass is 19.1. The van der Waals surface area contributed by atoms with Crippen LogP contribution in [0.4, 0.5) is 18.0 Å². The fourth-order valence-corrected chi connectivity index (χ4v) is 2.89. The van der Waals surface area contributed by atoms with E-state index >= 15 is 0 Å². The van der Waals surface area contributed by atoms with Gasteiger partial charge in [0.05, 0.1) is 13.2 Å². The van der Waals surface area contributed by atoms with E-state index in [1.807, 2.05) is 0 Å². The molecule has 1 aliphatic rings. The van der Waals surface area contributed by atoms with E-state index in [1.165, 1.54) is 30.5 Å². The smallest absolute Gasteiger partial charge is 0.408 e. The van der Waals surface area contributed by atoms with Crippen LogP contribution in [0.25, 0.3) is 0 Å². The monoisotopic (exact) mass is 396 g/mol. The molecule has 0 saturated carbocycles. The predicted octanol–water partition coefficient (Wildman–Crippen LogP) is 3.66. The van der Waals surface area contributed by atoms with Gasteiger partial charge in [-0.3, -0.25) is 4.98 Å². The zero-order chi connectivity index (χ0) is 19.9. The zero-order valence-electron chi connectivity index (χ0n) is 14.9. The van der Waals surface area contributed by atoms with Crippen molar-refractivity contribution in [2.24, 2.45) is 0 Å². The first-order chi connectivity index (χ1) is 13.6. The van der Waals surface area contributed by atoms with Crippen LogP contribution in [-0.4, -0.2) is 37.3 Å². The van der Waals surface area contributed by atoms with Crippen molar-refractivity contribution in [1.29, 1.82) is 0 Å². The van der Waals surface area contributed by atoms with Gasteiger partial charge in [0, 0.05) is 19.0 Å². The maximum absolute atomic E-state index is 14.3. The number of alkyl halides is 1. The number of nitrogens with zero attached hydrogens (tertiary/aromatic N) is 1. The number of halogens is 3. The summed E-state index contributed by atoms with van der Waals surface area (Å²) < 4.78 is 55.8. The van der Waals surface area contributed by atoms with Crippen LogP contribution in [0.3, 0.4) is 0 Å². The van der Waals surface area contributed by atoms with E-state index in [9.17, 15) is 18.0 Å². The number of amides is 1. The lowest BCUT2D eigenvalue weighted by Crippen LogP contribution is -2.35. The van der Waals surface area contributed by atoms with Crippen LogP contribution >= 0.6 is 0 Å². The lowest BCUT2D eigenvalue weighted by atomic mass is 10.0. The van der Waals surface area contributed by atoms with Gasteiger partial charge >= 0.3 is 6.09 Å². The summed E-state index contributed by atoms with van der Waals surface area (Å²) in [6.07, 6.45) is 1.36. The Kier molecular flexibility index (Phi) is 6.70. The van der Waals surface area contributed by atoms with E-state index in [0.717, 1.165) is 6.07 Å². The third-order valence-corrected chi connectivity index (χ3v) is 4.26. The first-order valence-corrected chi connectivity index (χ1v) is 8.72. The molecule has 1 fully saturated rings. The number of aromatic nitrogens is 1. The van der Waals surface area contributed by atoms with E-state index in [1.54, 1.807) is 0 Å². The lowest BCUT2D eigenvalue weighted by molar-refractivity contribution is 0.00104. The summed E-state index contributed by atoms with van der Waals surface area (Å²) in [6, 6.07) is 5.08. The number of rotatable bonds is 6. The van der Waals surface area contributed by atoms with Crippen LogP contribution in [0.1, 0.15) is 30.1 Å². The molecule has 1 saturated heterocycles. The fraction of sp³-hybridized carbons (Fsp3) is 0.368. The third kappa shape index (κ3) is 4.92. The summed E-state index contributed by atoms with van der Waals surface area (Å²) in [7, 11) is 0. The van der Waals surface area contributed by atoms with Crippen molar-refractivity contribution in [1.82, 2.24) is 10.3 Å². The molecule has 1 N–H and O–H groups in total. The number of pyridine rings is 1. The van der Waals surface area contributed by atoms with Gasteiger partial charge in [-0.25, -0.2) is 18.0 Å². The molecule has 0 spiro atoms. The van der Waals surface area contributed by atoms with Crippen molar-refractivity contribution in [3.05, 3.63) is 59.4 Å². The highest BCUT2D eigenvalue weighted by molar-refractivity contribution is 5.69. The standard InChI is InChI=1S/C19H19F3N2O4/c20-11-27-16-4-3-12(10-15(16)22)17(18-14(21)2-1-7-23-18)24-19(25)28-13-5-8-26-9-6-13/h1-4,7,10,13,17H,5-6,8-9,11H2,(H,24,25)/t17-/m0/s1. The maximum atomic E-state index is 14.3. The molecule has 1 aliphatic heterocycles. The second-order valence-corrected chi connectivity index (χ2v) is 6.11. The minimum Gasteiger partial charge on any atom is -0.460 e. The average molecular weight is 396 g/mol. The van der Waals surface area contributed by atoms with Gasteiger partial charge in [-0.05, 0) is 29.8 Å². The van der Waals surface area contributed by atoms with E-state index < -0.39 is 30.6 Å². The van der Waals surface area contributed by atoms with Gasteiger partial charge in [0.25, 0.3) is 0 Å². The molecule has 2 aromatic rings. The maximum Gasteiger partial charge on any atom is 0.408 e. The van der Waals surface area contributed by atoms with Crippen molar-refractivity contribution in [3.63, 3.8) is 0 Å². The minimum atomic E-state index is -1.19. The first kappa shape index (κ1) is 19.9. The minimum absolute atomic E-state index is 0.106. The molecule has 6 nitrogen and oxygen atoms in total. The van der Waals surface area contributed by atoms with Crippen LogP contribution in [0.5, 0.6) is 5.75 Å². The number of benzene rings is 1. The number of ether oxygens (including phenoxy) is 3. The van der Waals surface area contributed by atoms with E-state index in [2.05, 4.69) is 15.0 Å². The van der Waals surface area contributed by atoms with Gasteiger partial charge in [0.1, 0.15) is 23.7 Å². The van der Waals surface area contributed by atoms with E-state index in [-0.39, 0.29) is 23.1 Å². The molecule has 3 rings (SSSR count). The first-order valence-electron chi connectivity index (χ1n) is 8.72. The van der Waals surface area contributed by atoms with Gasteiger partial charge in [0.2, 0.25) is 6.86 Å². The van der Waals surface area contributed by atoms with Crippen LogP contribution in [0.2, 0.25) is 0 Å². The Morgan fingerprint density at radius 3 is 2.71 bits per heavy atom. The fourth-order valence-electron chi connectivity index (χ4n) is 2.89. The molecule has 1 atom stereocenters. The molecule has 0 unspecified atom stereocenters. The Hall–Kier alpha value is -2.81. The molecule has 150 valence electrons. The van der Waals surface area contributed by atoms with E-state index in [4.69, 9.17) is 9.47 Å². The van der Waals surface area contributed by atoms with Gasteiger partial charge in [-0.2, -0.15) is 0 Å². The largest absolute Gasteiger partial charge is 0.460 e.